The van der Waals surface area contributed by atoms with Gasteiger partial charge in [-0.1, -0.05) is 0 Å². The van der Waals surface area contributed by atoms with Crippen molar-refractivity contribution in [2.45, 2.75) is 18.9 Å². The molecule has 0 radical (unpaired) electrons. The van der Waals surface area contributed by atoms with Crippen molar-refractivity contribution in [2.75, 3.05) is 25.1 Å². The number of carbonyl (C=O) groups excluding carboxylic acids is 1. The first-order valence-corrected chi connectivity index (χ1v) is 5.67. The van der Waals surface area contributed by atoms with Crippen molar-refractivity contribution in [3.05, 3.63) is 0 Å². The Bertz CT molecular complexity index is 161. The van der Waals surface area contributed by atoms with Gasteiger partial charge in [-0.15, -0.1) is 0 Å². The smallest absolute Gasteiger partial charge is 0.223 e. The Hall–Kier alpha value is -0.220. The Balaban J connectivity index is 2.23. The van der Waals surface area contributed by atoms with Gasteiger partial charge in [-0.2, -0.15) is 11.8 Å². The van der Waals surface area contributed by atoms with Crippen LogP contribution in [-0.4, -0.2) is 41.9 Å². The van der Waals surface area contributed by atoms with Crippen LogP contribution in [0.2, 0.25) is 0 Å². The van der Waals surface area contributed by atoms with Gasteiger partial charge in [0.25, 0.3) is 0 Å². The average Bonchev–Trinajstić information content (AvgIpc) is 2.00. The zero-order valence-electron chi connectivity index (χ0n) is 7.45. The van der Waals surface area contributed by atoms with Crippen LogP contribution in [-0.2, 0) is 4.79 Å². The molecule has 1 heterocycles. The molecule has 0 aromatic heterocycles. The normalized spacial score (nSPS) is 22.2. The highest BCUT2D eigenvalue weighted by molar-refractivity contribution is 7.98. The van der Waals surface area contributed by atoms with Crippen LogP contribution in [0, 0.1) is 0 Å². The van der Waals surface area contributed by atoms with Crippen molar-refractivity contribution in [3.8, 4) is 0 Å². The van der Waals surface area contributed by atoms with Crippen LogP contribution >= 0.6 is 11.8 Å². The summed E-state index contributed by atoms with van der Waals surface area (Å²) in [5, 5.41) is 0. The molecule has 70 valence electrons. The fourth-order valence-corrected chi connectivity index (χ4v) is 1.73. The minimum atomic E-state index is 0.269. The van der Waals surface area contributed by atoms with Crippen LogP contribution in [0.1, 0.15) is 12.8 Å². The molecule has 3 nitrogen and oxygen atoms in total. The zero-order valence-corrected chi connectivity index (χ0v) is 8.27. The molecule has 1 unspecified atom stereocenters. The maximum atomic E-state index is 11.4. The van der Waals surface area contributed by atoms with E-state index in [-0.39, 0.29) is 5.91 Å². The number of carbonyl (C=O) groups is 1. The summed E-state index contributed by atoms with van der Waals surface area (Å²) in [5.41, 5.74) is 5.49. The summed E-state index contributed by atoms with van der Waals surface area (Å²) in [6.45, 7) is 1.53. The molecule has 4 heteroatoms. The second kappa shape index (κ2) is 4.72. The van der Waals surface area contributed by atoms with E-state index in [9.17, 15) is 4.79 Å². The Morgan fingerprint density at radius 3 is 2.92 bits per heavy atom. The standard InChI is InChI=1S/C8H16N2OS/c1-12-5-3-8(11)10-4-2-7(10)6-9/h7H,2-6,9H2,1H3. The second-order valence-corrected chi connectivity index (χ2v) is 3.99. The number of hydrogen-bond acceptors (Lipinski definition) is 3. The lowest BCUT2D eigenvalue weighted by Crippen LogP contribution is -2.54. The number of amides is 1. The molecule has 0 saturated carbocycles. The van der Waals surface area contributed by atoms with Gasteiger partial charge < -0.3 is 10.6 Å². The van der Waals surface area contributed by atoms with E-state index < -0.39 is 0 Å². The highest BCUT2D eigenvalue weighted by Crippen LogP contribution is 2.17. The number of hydrogen-bond donors (Lipinski definition) is 1. The topological polar surface area (TPSA) is 46.3 Å². The molecule has 0 spiro atoms. The number of likely N-dealkylation sites (tertiary alicyclic amines) is 1. The van der Waals surface area contributed by atoms with E-state index >= 15 is 0 Å². The Kier molecular flexibility index (Phi) is 3.88. The van der Waals surface area contributed by atoms with Gasteiger partial charge in [0.1, 0.15) is 0 Å². The fraction of sp³-hybridized carbons (Fsp3) is 0.875. The van der Waals surface area contributed by atoms with Gasteiger partial charge in [-0.05, 0) is 12.7 Å². The van der Waals surface area contributed by atoms with Crippen LogP contribution in [0.25, 0.3) is 0 Å². The minimum Gasteiger partial charge on any atom is -0.338 e. The number of nitrogens with zero attached hydrogens (tertiary/aromatic N) is 1. The maximum Gasteiger partial charge on any atom is 0.223 e. The van der Waals surface area contributed by atoms with Gasteiger partial charge >= 0.3 is 0 Å². The number of thioether (sulfide) groups is 1. The van der Waals surface area contributed by atoms with Gasteiger partial charge in [0.05, 0.1) is 0 Å². The number of nitrogens with two attached hydrogens (primary N) is 1. The molecule has 1 fully saturated rings. The Labute approximate surface area is 77.7 Å². The first-order chi connectivity index (χ1) is 5.79. The molecular weight excluding hydrogens is 172 g/mol. The van der Waals surface area contributed by atoms with E-state index in [4.69, 9.17) is 5.73 Å². The van der Waals surface area contributed by atoms with Crippen LogP contribution in [0.3, 0.4) is 0 Å². The lowest BCUT2D eigenvalue weighted by molar-refractivity contribution is -0.137. The van der Waals surface area contributed by atoms with E-state index in [0.29, 0.717) is 19.0 Å². The molecule has 1 atom stereocenters. The minimum absolute atomic E-state index is 0.269. The highest BCUT2D eigenvalue weighted by Gasteiger charge is 2.29. The molecule has 0 aliphatic carbocycles. The van der Waals surface area contributed by atoms with Crippen LogP contribution < -0.4 is 5.73 Å². The molecule has 0 bridgehead atoms. The molecular formula is C8H16N2OS. The molecule has 1 aliphatic rings. The van der Waals surface area contributed by atoms with E-state index in [1.807, 2.05) is 11.2 Å². The third-order valence-corrected chi connectivity index (χ3v) is 2.87. The summed E-state index contributed by atoms with van der Waals surface area (Å²) in [4.78, 5) is 13.3. The van der Waals surface area contributed by atoms with Crippen molar-refractivity contribution in [1.29, 1.82) is 0 Å². The van der Waals surface area contributed by atoms with Gasteiger partial charge in [0.2, 0.25) is 5.91 Å². The molecule has 1 amide bonds. The van der Waals surface area contributed by atoms with Gasteiger partial charge in [0.15, 0.2) is 0 Å². The Morgan fingerprint density at radius 2 is 2.50 bits per heavy atom. The maximum absolute atomic E-state index is 11.4. The summed E-state index contributed by atoms with van der Waals surface area (Å²) in [5.74, 6) is 1.19. The van der Waals surface area contributed by atoms with Crippen molar-refractivity contribution < 1.29 is 4.79 Å². The zero-order chi connectivity index (χ0) is 8.97. The molecule has 12 heavy (non-hydrogen) atoms. The summed E-state index contributed by atoms with van der Waals surface area (Å²) in [6.07, 6.45) is 3.77. The van der Waals surface area contributed by atoms with Gasteiger partial charge in [-0.3, -0.25) is 4.79 Å². The van der Waals surface area contributed by atoms with Crippen LogP contribution in [0.5, 0.6) is 0 Å². The van der Waals surface area contributed by atoms with Crippen molar-refractivity contribution >= 4 is 17.7 Å². The largest absolute Gasteiger partial charge is 0.338 e. The lowest BCUT2D eigenvalue weighted by atomic mass is 10.0. The lowest BCUT2D eigenvalue weighted by Gasteiger charge is -2.40. The SMILES string of the molecule is CSCCC(=O)N1CCC1CN. The molecule has 1 saturated heterocycles. The average molecular weight is 188 g/mol. The summed E-state index contributed by atoms with van der Waals surface area (Å²) in [6, 6.07) is 0.333. The molecule has 1 rings (SSSR count). The van der Waals surface area contributed by atoms with Crippen LogP contribution in [0.15, 0.2) is 0 Å². The predicted octanol–water partition coefficient (Wildman–Crippen LogP) is 0.299. The molecule has 2 N–H and O–H groups in total. The molecule has 0 aromatic carbocycles. The predicted molar refractivity (Wildman–Crippen MR) is 52.2 cm³/mol. The monoisotopic (exact) mass is 188 g/mol. The van der Waals surface area contributed by atoms with E-state index in [1.54, 1.807) is 11.8 Å². The fourth-order valence-electron chi connectivity index (χ4n) is 1.35. The quantitative estimate of drug-likeness (QED) is 0.690. The molecule has 0 aromatic rings. The van der Waals surface area contributed by atoms with E-state index in [1.165, 1.54) is 0 Å². The highest BCUT2D eigenvalue weighted by atomic mass is 32.2. The summed E-state index contributed by atoms with van der Waals surface area (Å²) < 4.78 is 0. The van der Waals surface area contributed by atoms with Crippen molar-refractivity contribution in [3.63, 3.8) is 0 Å². The van der Waals surface area contributed by atoms with Gasteiger partial charge in [0, 0.05) is 31.3 Å². The summed E-state index contributed by atoms with van der Waals surface area (Å²) >= 11 is 1.71. The third-order valence-electron chi connectivity index (χ3n) is 2.26. The summed E-state index contributed by atoms with van der Waals surface area (Å²) in [7, 11) is 0. The van der Waals surface area contributed by atoms with Crippen LogP contribution in [0.4, 0.5) is 0 Å². The first kappa shape index (κ1) is 9.86. The second-order valence-electron chi connectivity index (χ2n) is 3.01. The van der Waals surface area contributed by atoms with E-state index in [0.717, 1.165) is 18.7 Å². The number of rotatable bonds is 4. The molecule has 1 aliphatic heterocycles. The Morgan fingerprint density at radius 1 is 1.75 bits per heavy atom. The van der Waals surface area contributed by atoms with Gasteiger partial charge in [-0.25, -0.2) is 0 Å². The first-order valence-electron chi connectivity index (χ1n) is 4.28. The van der Waals surface area contributed by atoms with Crippen molar-refractivity contribution in [2.24, 2.45) is 5.73 Å². The third kappa shape index (κ3) is 2.14. The van der Waals surface area contributed by atoms with Crippen molar-refractivity contribution in [1.82, 2.24) is 4.90 Å². The van der Waals surface area contributed by atoms with E-state index in [2.05, 4.69) is 0 Å².